The summed E-state index contributed by atoms with van der Waals surface area (Å²) >= 11 is 3.72. The molecule has 0 aliphatic rings. The van der Waals surface area contributed by atoms with Gasteiger partial charge in [0.25, 0.3) is 0 Å². The zero-order valence-corrected chi connectivity index (χ0v) is 21.7. The van der Waals surface area contributed by atoms with E-state index in [2.05, 4.69) is 155 Å². The fraction of sp³-hybridized carbons (Fsp3) is 0. The van der Waals surface area contributed by atoms with Crippen molar-refractivity contribution in [3.63, 3.8) is 0 Å². The summed E-state index contributed by atoms with van der Waals surface area (Å²) in [6.07, 6.45) is 0. The first-order chi connectivity index (χ1) is 18.3. The van der Waals surface area contributed by atoms with Crippen LogP contribution in [0.2, 0.25) is 0 Å². The Morgan fingerprint density at radius 1 is 0.351 bits per heavy atom. The summed E-state index contributed by atoms with van der Waals surface area (Å²) in [5.74, 6) is 0. The highest BCUT2D eigenvalue weighted by Crippen LogP contribution is 2.42. The summed E-state index contributed by atoms with van der Waals surface area (Å²) in [5, 5.41) is 7.56. The highest BCUT2D eigenvalue weighted by molar-refractivity contribution is 9.10. The molecule has 0 aliphatic heterocycles. The van der Waals surface area contributed by atoms with Gasteiger partial charge in [0, 0.05) is 4.47 Å². The Morgan fingerprint density at radius 2 is 0.946 bits per heavy atom. The highest BCUT2D eigenvalue weighted by atomic mass is 79.9. The van der Waals surface area contributed by atoms with E-state index in [-0.39, 0.29) is 0 Å². The third-order valence-corrected chi connectivity index (χ3v) is 7.81. The third kappa shape index (κ3) is 3.84. The Kier molecular flexibility index (Phi) is 5.38. The van der Waals surface area contributed by atoms with Crippen LogP contribution in [0.1, 0.15) is 0 Å². The van der Waals surface area contributed by atoms with Crippen molar-refractivity contribution < 1.29 is 0 Å². The van der Waals surface area contributed by atoms with Crippen LogP contribution in [0.15, 0.2) is 144 Å². The molecule has 0 nitrogen and oxygen atoms in total. The second-order valence-electron chi connectivity index (χ2n) is 9.49. The topological polar surface area (TPSA) is 0 Å². The number of fused-ring (bicyclic) bond motifs is 3. The number of benzene rings is 7. The largest absolute Gasteiger partial charge is 0.0616 e. The predicted molar refractivity (Wildman–Crippen MR) is 163 cm³/mol. The fourth-order valence-corrected chi connectivity index (χ4v) is 6.00. The highest BCUT2D eigenvalue weighted by Gasteiger charge is 2.15. The summed E-state index contributed by atoms with van der Waals surface area (Å²) in [7, 11) is 0. The molecule has 174 valence electrons. The second-order valence-corrected chi connectivity index (χ2v) is 10.4. The molecule has 0 heterocycles. The molecule has 0 atom stereocenters. The van der Waals surface area contributed by atoms with Gasteiger partial charge in [0.2, 0.25) is 0 Å². The summed E-state index contributed by atoms with van der Waals surface area (Å²) in [4.78, 5) is 0. The lowest BCUT2D eigenvalue weighted by Gasteiger charge is -2.17. The van der Waals surface area contributed by atoms with Gasteiger partial charge in [-0.1, -0.05) is 137 Å². The van der Waals surface area contributed by atoms with Crippen LogP contribution in [0.25, 0.3) is 65.7 Å². The van der Waals surface area contributed by atoms with Crippen LogP contribution in [-0.4, -0.2) is 0 Å². The molecule has 0 bridgehead atoms. The number of rotatable bonds is 3. The lowest BCUT2D eigenvalue weighted by molar-refractivity contribution is 1.60. The maximum Gasteiger partial charge on any atom is 0.0181 e. The molecule has 0 amide bonds. The maximum atomic E-state index is 3.72. The Hall–Kier alpha value is -4.20. The molecule has 7 aromatic carbocycles. The van der Waals surface area contributed by atoms with Crippen LogP contribution in [0.4, 0.5) is 0 Å². The molecule has 0 saturated heterocycles. The Balaban J connectivity index is 1.57. The number of hydrogen-bond acceptors (Lipinski definition) is 0. The number of hydrogen-bond donors (Lipinski definition) is 0. The van der Waals surface area contributed by atoms with Gasteiger partial charge >= 0.3 is 0 Å². The fourth-order valence-electron chi connectivity index (χ4n) is 5.60. The molecule has 0 saturated carbocycles. The molecule has 1 heteroatoms. The lowest BCUT2D eigenvalue weighted by Crippen LogP contribution is -1.91. The van der Waals surface area contributed by atoms with E-state index in [4.69, 9.17) is 0 Å². The van der Waals surface area contributed by atoms with Crippen molar-refractivity contribution in [2.75, 3.05) is 0 Å². The molecule has 0 aromatic heterocycles. The van der Waals surface area contributed by atoms with Crippen molar-refractivity contribution >= 4 is 48.2 Å². The zero-order valence-electron chi connectivity index (χ0n) is 20.2. The van der Waals surface area contributed by atoms with E-state index < -0.39 is 0 Å². The first-order valence-electron chi connectivity index (χ1n) is 12.6. The summed E-state index contributed by atoms with van der Waals surface area (Å²) in [6.45, 7) is 0. The molecule has 0 aliphatic carbocycles. The van der Waals surface area contributed by atoms with Gasteiger partial charge in [0.1, 0.15) is 0 Å². The van der Waals surface area contributed by atoms with E-state index in [1.54, 1.807) is 0 Å². The summed E-state index contributed by atoms with van der Waals surface area (Å²) in [5.41, 5.74) is 7.46. The van der Waals surface area contributed by atoms with Crippen molar-refractivity contribution in [1.29, 1.82) is 0 Å². The standard InChI is InChI=1S/C36H23Br/c37-29-13-5-12-28(22-29)36-34(33-17-7-11-25-9-2-4-15-31(25)33)21-20-26-18-19-27(23-35(26)36)32-16-6-10-24-8-1-3-14-30(24)32/h1-23H. The summed E-state index contributed by atoms with van der Waals surface area (Å²) < 4.78 is 1.08. The molecule has 0 fully saturated rings. The second kappa shape index (κ2) is 9.03. The van der Waals surface area contributed by atoms with Gasteiger partial charge in [-0.2, -0.15) is 0 Å². The van der Waals surface area contributed by atoms with E-state index in [9.17, 15) is 0 Å². The first kappa shape index (κ1) is 22.0. The van der Waals surface area contributed by atoms with Gasteiger partial charge in [0.05, 0.1) is 0 Å². The Labute approximate surface area is 225 Å². The number of halogens is 1. The minimum atomic E-state index is 1.08. The van der Waals surface area contributed by atoms with E-state index in [1.807, 2.05) is 0 Å². The molecular formula is C36H23Br. The van der Waals surface area contributed by atoms with Gasteiger partial charge in [-0.3, -0.25) is 0 Å². The first-order valence-corrected chi connectivity index (χ1v) is 13.3. The van der Waals surface area contributed by atoms with Gasteiger partial charge in [0.15, 0.2) is 0 Å². The van der Waals surface area contributed by atoms with Crippen LogP contribution < -0.4 is 0 Å². The average molecular weight is 535 g/mol. The lowest BCUT2D eigenvalue weighted by atomic mass is 9.86. The normalized spacial score (nSPS) is 11.4. The monoisotopic (exact) mass is 534 g/mol. The van der Waals surface area contributed by atoms with Crippen LogP contribution in [0, 0.1) is 0 Å². The molecular weight excluding hydrogens is 512 g/mol. The molecule has 7 aromatic rings. The van der Waals surface area contributed by atoms with Crippen molar-refractivity contribution in [2.24, 2.45) is 0 Å². The molecule has 37 heavy (non-hydrogen) atoms. The van der Waals surface area contributed by atoms with Gasteiger partial charge < -0.3 is 0 Å². The summed E-state index contributed by atoms with van der Waals surface area (Å²) in [6, 6.07) is 50.6. The van der Waals surface area contributed by atoms with Crippen molar-refractivity contribution in [3.8, 4) is 33.4 Å². The van der Waals surface area contributed by atoms with Crippen molar-refractivity contribution in [2.45, 2.75) is 0 Å². The quantitative estimate of drug-likeness (QED) is 0.211. The molecule has 0 spiro atoms. The van der Waals surface area contributed by atoms with E-state index in [1.165, 1.54) is 65.7 Å². The molecule has 0 unspecified atom stereocenters. The zero-order chi connectivity index (χ0) is 24.8. The van der Waals surface area contributed by atoms with Gasteiger partial charge in [-0.05, 0) is 83.9 Å². The van der Waals surface area contributed by atoms with Crippen LogP contribution >= 0.6 is 15.9 Å². The Bertz CT molecular complexity index is 1930. The van der Waals surface area contributed by atoms with E-state index in [0.717, 1.165) is 4.47 Å². The van der Waals surface area contributed by atoms with Crippen LogP contribution in [0.5, 0.6) is 0 Å². The minimum absolute atomic E-state index is 1.08. The molecule has 0 N–H and O–H groups in total. The average Bonchev–Trinajstić information content (AvgIpc) is 2.95. The smallest absolute Gasteiger partial charge is 0.0181 e. The van der Waals surface area contributed by atoms with Gasteiger partial charge in [-0.15, -0.1) is 0 Å². The minimum Gasteiger partial charge on any atom is -0.0616 e. The van der Waals surface area contributed by atoms with Crippen LogP contribution in [0.3, 0.4) is 0 Å². The maximum absolute atomic E-state index is 3.72. The van der Waals surface area contributed by atoms with Crippen molar-refractivity contribution in [1.82, 2.24) is 0 Å². The Morgan fingerprint density at radius 3 is 1.70 bits per heavy atom. The van der Waals surface area contributed by atoms with E-state index in [0.29, 0.717) is 0 Å². The molecule has 0 radical (unpaired) electrons. The van der Waals surface area contributed by atoms with Gasteiger partial charge in [-0.25, -0.2) is 0 Å². The van der Waals surface area contributed by atoms with Crippen LogP contribution in [-0.2, 0) is 0 Å². The van der Waals surface area contributed by atoms with E-state index >= 15 is 0 Å². The predicted octanol–water partition coefficient (Wildman–Crippen LogP) is 10.9. The molecule has 7 rings (SSSR count). The van der Waals surface area contributed by atoms with Crippen molar-refractivity contribution in [3.05, 3.63) is 144 Å². The SMILES string of the molecule is Brc1cccc(-c2c(-c3cccc4ccccc34)ccc3ccc(-c4cccc5ccccc45)cc23)c1. The third-order valence-electron chi connectivity index (χ3n) is 7.32.